The van der Waals surface area contributed by atoms with Gasteiger partial charge in [0.15, 0.2) is 0 Å². The standard InChI is InChI=1S/C11H15N3O/c1-11(12,3-5-15)8-6-10-9(14-7-8)2-4-13-10/h2,4,6-7,13,15H,3,5,12H2,1H3/t11-/m0/s1. The lowest BCUT2D eigenvalue weighted by molar-refractivity contribution is 0.247. The number of nitrogens with zero attached hydrogens (tertiary/aromatic N) is 1. The lowest BCUT2D eigenvalue weighted by Gasteiger charge is -2.23. The van der Waals surface area contributed by atoms with E-state index in [0.717, 1.165) is 16.6 Å². The monoisotopic (exact) mass is 205 g/mol. The predicted molar refractivity (Wildman–Crippen MR) is 59.3 cm³/mol. The average Bonchev–Trinajstić information content (AvgIpc) is 2.63. The molecule has 0 radical (unpaired) electrons. The normalized spacial score (nSPS) is 15.4. The van der Waals surface area contributed by atoms with Gasteiger partial charge in [0.2, 0.25) is 0 Å². The molecule has 0 aromatic carbocycles. The van der Waals surface area contributed by atoms with E-state index in [1.54, 1.807) is 6.20 Å². The molecule has 0 aliphatic carbocycles. The van der Waals surface area contributed by atoms with Crippen LogP contribution in [0.3, 0.4) is 0 Å². The van der Waals surface area contributed by atoms with Gasteiger partial charge in [-0.3, -0.25) is 4.98 Å². The third-order valence-corrected chi connectivity index (χ3v) is 2.69. The number of H-pyrrole nitrogens is 1. The summed E-state index contributed by atoms with van der Waals surface area (Å²) in [6.45, 7) is 1.98. The van der Waals surface area contributed by atoms with Gasteiger partial charge >= 0.3 is 0 Å². The summed E-state index contributed by atoms with van der Waals surface area (Å²) in [7, 11) is 0. The molecule has 0 aliphatic rings. The van der Waals surface area contributed by atoms with Crippen LogP contribution in [0.5, 0.6) is 0 Å². The van der Waals surface area contributed by atoms with Gasteiger partial charge in [0.05, 0.1) is 11.0 Å². The van der Waals surface area contributed by atoms with Crippen LogP contribution in [0.4, 0.5) is 0 Å². The van der Waals surface area contributed by atoms with Crippen LogP contribution in [-0.4, -0.2) is 21.7 Å². The number of fused-ring (bicyclic) bond motifs is 1. The molecule has 4 nitrogen and oxygen atoms in total. The molecule has 0 spiro atoms. The summed E-state index contributed by atoms with van der Waals surface area (Å²) in [6, 6.07) is 3.90. The van der Waals surface area contributed by atoms with E-state index in [1.165, 1.54) is 0 Å². The van der Waals surface area contributed by atoms with Crippen molar-refractivity contribution in [1.82, 2.24) is 9.97 Å². The molecular weight excluding hydrogens is 190 g/mol. The number of aromatic nitrogens is 2. The van der Waals surface area contributed by atoms with Gasteiger partial charge in [0.1, 0.15) is 0 Å². The molecule has 2 heterocycles. The number of nitrogens with one attached hydrogen (secondary N) is 1. The molecule has 0 amide bonds. The zero-order valence-electron chi connectivity index (χ0n) is 8.70. The first-order valence-corrected chi connectivity index (χ1v) is 4.97. The molecule has 15 heavy (non-hydrogen) atoms. The van der Waals surface area contributed by atoms with Crippen LogP contribution in [0, 0.1) is 0 Å². The van der Waals surface area contributed by atoms with Crippen molar-refractivity contribution in [3.05, 3.63) is 30.1 Å². The van der Waals surface area contributed by atoms with E-state index in [9.17, 15) is 0 Å². The van der Waals surface area contributed by atoms with E-state index in [4.69, 9.17) is 10.8 Å². The zero-order chi connectivity index (χ0) is 10.9. The molecule has 4 heteroatoms. The third kappa shape index (κ3) is 1.86. The first-order valence-electron chi connectivity index (χ1n) is 4.97. The Labute approximate surface area is 88.1 Å². The summed E-state index contributed by atoms with van der Waals surface area (Å²) in [5.41, 5.74) is 8.41. The highest BCUT2D eigenvalue weighted by molar-refractivity contribution is 5.75. The number of nitrogens with two attached hydrogens (primary N) is 1. The second-order valence-corrected chi connectivity index (χ2v) is 4.03. The molecule has 0 fully saturated rings. The molecule has 1 atom stereocenters. The number of aromatic amines is 1. The molecular formula is C11H15N3O. The zero-order valence-corrected chi connectivity index (χ0v) is 8.70. The van der Waals surface area contributed by atoms with Crippen molar-refractivity contribution in [2.24, 2.45) is 5.73 Å². The molecule has 0 saturated carbocycles. The van der Waals surface area contributed by atoms with E-state index in [0.29, 0.717) is 6.42 Å². The number of aliphatic hydroxyl groups is 1. The maximum Gasteiger partial charge on any atom is 0.0878 e. The van der Waals surface area contributed by atoms with Gasteiger partial charge in [0.25, 0.3) is 0 Å². The first kappa shape index (κ1) is 10.1. The minimum Gasteiger partial charge on any atom is -0.396 e. The van der Waals surface area contributed by atoms with Crippen LogP contribution in [0.1, 0.15) is 18.9 Å². The maximum atomic E-state index is 8.93. The summed E-state index contributed by atoms with van der Waals surface area (Å²) >= 11 is 0. The van der Waals surface area contributed by atoms with Crippen LogP contribution >= 0.6 is 0 Å². The lowest BCUT2D eigenvalue weighted by Crippen LogP contribution is -2.34. The Hall–Kier alpha value is -1.39. The van der Waals surface area contributed by atoms with E-state index >= 15 is 0 Å². The number of aliphatic hydroxyl groups excluding tert-OH is 1. The van der Waals surface area contributed by atoms with Crippen LogP contribution in [0.25, 0.3) is 11.0 Å². The van der Waals surface area contributed by atoms with E-state index in [-0.39, 0.29) is 6.61 Å². The first-order chi connectivity index (χ1) is 7.13. The van der Waals surface area contributed by atoms with Crippen molar-refractivity contribution < 1.29 is 5.11 Å². The van der Waals surface area contributed by atoms with Gasteiger partial charge in [-0.1, -0.05) is 0 Å². The third-order valence-electron chi connectivity index (χ3n) is 2.69. The van der Waals surface area contributed by atoms with Gasteiger partial charge in [-0.05, 0) is 31.0 Å². The van der Waals surface area contributed by atoms with E-state index in [2.05, 4.69) is 9.97 Å². The van der Waals surface area contributed by atoms with Crippen LogP contribution in [0.2, 0.25) is 0 Å². The molecule has 2 aromatic rings. The summed E-state index contributed by atoms with van der Waals surface area (Å²) in [5, 5.41) is 8.93. The Kier molecular flexibility index (Phi) is 2.46. The fourth-order valence-corrected chi connectivity index (χ4v) is 1.62. The van der Waals surface area contributed by atoms with Crippen molar-refractivity contribution in [3.8, 4) is 0 Å². The Morgan fingerprint density at radius 3 is 3.13 bits per heavy atom. The predicted octanol–water partition coefficient (Wildman–Crippen LogP) is 1.12. The minimum atomic E-state index is -0.527. The summed E-state index contributed by atoms with van der Waals surface area (Å²) in [5.74, 6) is 0. The summed E-state index contributed by atoms with van der Waals surface area (Å²) in [4.78, 5) is 7.39. The smallest absolute Gasteiger partial charge is 0.0878 e. The second kappa shape index (κ2) is 3.64. The molecule has 0 unspecified atom stereocenters. The van der Waals surface area contributed by atoms with E-state index in [1.807, 2.05) is 25.3 Å². The fourth-order valence-electron chi connectivity index (χ4n) is 1.62. The molecule has 2 rings (SSSR count). The molecule has 0 saturated heterocycles. The second-order valence-electron chi connectivity index (χ2n) is 4.03. The van der Waals surface area contributed by atoms with Gasteiger partial charge in [-0.2, -0.15) is 0 Å². The molecule has 0 aliphatic heterocycles. The fraction of sp³-hybridized carbons (Fsp3) is 0.364. The van der Waals surface area contributed by atoms with Crippen LogP contribution in [0.15, 0.2) is 24.5 Å². The molecule has 2 aromatic heterocycles. The highest BCUT2D eigenvalue weighted by Gasteiger charge is 2.21. The number of hydrogen-bond acceptors (Lipinski definition) is 3. The number of hydrogen-bond donors (Lipinski definition) is 3. The van der Waals surface area contributed by atoms with Crippen molar-refractivity contribution >= 4 is 11.0 Å². The molecule has 80 valence electrons. The highest BCUT2D eigenvalue weighted by atomic mass is 16.3. The van der Waals surface area contributed by atoms with Gasteiger partial charge in [-0.15, -0.1) is 0 Å². The Morgan fingerprint density at radius 2 is 2.40 bits per heavy atom. The van der Waals surface area contributed by atoms with E-state index < -0.39 is 5.54 Å². The number of rotatable bonds is 3. The Balaban J connectivity index is 2.42. The Morgan fingerprint density at radius 1 is 1.60 bits per heavy atom. The van der Waals surface area contributed by atoms with Crippen molar-refractivity contribution in [3.63, 3.8) is 0 Å². The van der Waals surface area contributed by atoms with Crippen molar-refractivity contribution in [2.75, 3.05) is 6.61 Å². The Bertz CT molecular complexity index is 462. The van der Waals surface area contributed by atoms with Crippen molar-refractivity contribution in [1.29, 1.82) is 0 Å². The SMILES string of the molecule is C[C@](N)(CCO)c1cnc2cc[nH]c2c1. The van der Waals surface area contributed by atoms with Gasteiger partial charge in [0, 0.05) is 24.5 Å². The minimum absolute atomic E-state index is 0.0791. The maximum absolute atomic E-state index is 8.93. The van der Waals surface area contributed by atoms with Gasteiger partial charge in [-0.25, -0.2) is 0 Å². The van der Waals surface area contributed by atoms with Crippen molar-refractivity contribution in [2.45, 2.75) is 18.9 Å². The molecule has 0 bridgehead atoms. The van der Waals surface area contributed by atoms with Crippen LogP contribution in [-0.2, 0) is 5.54 Å². The lowest BCUT2D eigenvalue weighted by atomic mass is 9.91. The highest BCUT2D eigenvalue weighted by Crippen LogP contribution is 2.23. The number of pyridine rings is 1. The summed E-state index contributed by atoms with van der Waals surface area (Å²) < 4.78 is 0. The average molecular weight is 205 g/mol. The van der Waals surface area contributed by atoms with Crippen LogP contribution < -0.4 is 5.73 Å². The van der Waals surface area contributed by atoms with Gasteiger partial charge < -0.3 is 15.8 Å². The topological polar surface area (TPSA) is 74.9 Å². The molecule has 4 N–H and O–H groups in total. The largest absolute Gasteiger partial charge is 0.396 e. The summed E-state index contributed by atoms with van der Waals surface area (Å²) in [6.07, 6.45) is 4.15. The quantitative estimate of drug-likeness (QED) is 0.702.